The number of hydrogen-bond acceptors (Lipinski definition) is 6. The molecule has 0 atom stereocenters. The Balaban J connectivity index is 2.06. The second-order valence-electron chi connectivity index (χ2n) is 5.98. The summed E-state index contributed by atoms with van der Waals surface area (Å²) in [7, 11) is 1.69. The summed E-state index contributed by atoms with van der Waals surface area (Å²) in [5.41, 5.74) is -0.496. The molecule has 1 aromatic carbocycles. The number of nitrogens with zero attached hydrogens (tertiary/aromatic N) is 3. The molecule has 0 saturated carbocycles. The Morgan fingerprint density at radius 1 is 1.32 bits per heavy atom. The first kappa shape index (κ1) is 15.7. The van der Waals surface area contributed by atoms with Gasteiger partial charge < -0.3 is 19.5 Å². The number of halogens is 1. The van der Waals surface area contributed by atoms with E-state index < -0.39 is 22.8 Å². The Morgan fingerprint density at radius 2 is 2.04 bits per heavy atom. The number of benzene rings is 1. The van der Waals surface area contributed by atoms with E-state index >= 15 is 0 Å². The lowest BCUT2D eigenvalue weighted by Gasteiger charge is -2.35. The van der Waals surface area contributed by atoms with Crippen molar-refractivity contribution < 1.29 is 23.8 Å². The number of hydrogen-bond donors (Lipinski definition) is 1. The summed E-state index contributed by atoms with van der Waals surface area (Å²) in [6.07, 6.45) is 1.25. The number of rotatable bonds is 2. The van der Waals surface area contributed by atoms with Crippen LogP contribution < -0.4 is 20.1 Å². The van der Waals surface area contributed by atoms with Crippen LogP contribution >= 0.6 is 0 Å². The predicted octanol–water partition coefficient (Wildman–Crippen LogP) is 0.593. The van der Waals surface area contributed by atoms with Crippen LogP contribution in [0, 0.1) is 5.82 Å². The third kappa shape index (κ3) is 2.30. The zero-order valence-electron chi connectivity index (χ0n) is 13.5. The van der Waals surface area contributed by atoms with E-state index in [1.165, 1.54) is 10.9 Å². The van der Waals surface area contributed by atoms with Crippen LogP contribution in [0.1, 0.15) is 10.4 Å². The Labute approximate surface area is 141 Å². The molecule has 9 heteroatoms. The lowest BCUT2D eigenvalue weighted by molar-refractivity contribution is 0.0694. The van der Waals surface area contributed by atoms with E-state index in [1.54, 1.807) is 12.1 Å². The Morgan fingerprint density at radius 3 is 2.72 bits per heavy atom. The number of ether oxygens (including phenoxy) is 2. The third-order valence-electron chi connectivity index (χ3n) is 4.47. The van der Waals surface area contributed by atoms with E-state index in [1.807, 2.05) is 4.90 Å². The van der Waals surface area contributed by atoms with E-state index in [0.717, 1.165) is 6.07 Å². The molecule has 2 aromatic rings. The van der Waals surface area contributed by atoms with Crippen molar-refractivity contribution in [1.29, 1.82) is 0 Å². The van der Waals surface area contributed by atoms with Crippen molar-refractivity contribution in [2.45, 2.75) is 0 Å². The van der Waals surface area contributed by atoms with Gasteiger partial charge in [0.05, 0.1) is 18.6 Å². The van der Waals surface area contributed by atoms with E-state index in [9.17, 15) is 19.1 Å². The lowest BCUT2D eigenvalue weighted by Crippen LogP contribution is -2.41. The molecule has 2 aliphatic heterocycles. The molecule has 25 heavy (non-hydrogen) atoms. The molecule has 0 bridgehead atoms. The summed E-state index contributed by atoms with van der Waals surface area (Å²) in [6, 6.07) is 1.09. The van der Waals surface area contributed by atoms with Crippen LogP contribution in [0.3, 0.4) is 0 Å². The van der Waals surface area contributed by atoms with Gasteiger partial charge in [-0.25, -0.2) is 9.18 Å². The monoisotopic (exact) mass is 349 g/mol. The Hall–Kier alpha value is -2.81. The van der Waals surface area contributed by atoms with Gasteiger partial charge in [0.15, 0.2) is 18.3 Å². The fourth-order valence-corrected chi connectivity index (χ4v) is 3.26. The van der Waals surface area contributed by atoms with Gasteiger partial charge in [-0.05, 0) is 6.07 Å². The number of aromatic nitrogens is 1. The SMILES string of the molecule is CN1COc2c(N3CCOCC3)c(F)cc3c(=O)c(C(=O)O)cn1c23. The largest absolute Gasteiger partial charge is 0.477 e. The van der Waals surface area contributed by atoms with Crippen molar-refractivity contribution in [3.05, 3.63) is 33.9 Å². The van der Waals surface area contributed by atoms with Crippen LogP contribution in [0.2, 0.25) is 0 Å². The minimum Gasteiger partial charge on any atom is -0.477 e. The zero-order valence-corrected chi connectivity index (χ0v) is 13.5. The number of pyridine rings is 1. The molecule has 0 aliphatic carbocycles. The fourth-order valence-electron chi connectivity index (χ4n) is 3.26. The molecule has 1 fully saturated rings. The fraction of sp³-hybridized carbons (Fsp3) is 0.375. The Kier molecular flexibility index (Phi) is 3.53. The predicted molar refractivity (Wildman–Crippen MR) is 87.8 cm³/mol. The number of morpholine rings is 1. The second-order valence-corrected chi connectivity index (χ2v) is 5.98. The summed E-state index contributed by atoms with van der Waals surface area (Å²) in [6.45, 7) is 2.06. The van der Waals surface area contributed by atoms with Gasteiger partial charge >= 0.3 is 5.97 Å². The van der Waals surface area contributed by atoms with Gasteiger partial charge in [-0.1, -0.05) is 0 Å². The summed E-state index contributed by atoms with van der Waals surface area (Å²) in [4.78, 5) is 25.7. The van der Waals surface area contributed by atoms with Gasteiger partial charge in [-0.15, -0.1) is 0 Å². The molecule has 1 N–H and O–H groups in total. The minimum absolute atomic E-state index is 0.0176. The van der Waals surface area contributed by atoms with Crippen molar-refractivity contribution in [3.63, 3.8) is 0 Å². The van der Waals surface area contributed by atoms with Gasteiger partial charge in [0.1, 0.15) is 16.8 Å². The van der Waals surface area contributed by atoms with Crippen molar-refractivity contribution >= 4 is 22.6 Å². The first-order chi connectivity index (χ1) is 12.0. The molecule has 0 radical (unpaired) electrons. The molecule has 132 valence electrons. The van der Waals surface area contributed by atoms with E-state index in [2.05, 4.69) is 0 Å². The first-order valence-electron chi connectivity index (χ1n) is 7.81. The maximum absolute atomic E-state index is 14.8. The molecule has 1 saturated heterocycles. The molecular formula is C16H16FN3O5. The van der Waals surface area contributed by atoms with Crippen LogP contribution in [-0.4, -0.2) is 55.8 Å². The molecular weight excluding hydrogens is 333 g/mol. The van der Waals surface area contributed by atoms with Crippen LogP contribution in [0.4, 0.5) is 10.1 Å². The topological polar surface area (TPSA) is 84.2 Å². The molecule has 4 rings (SSSR count). The molecule has 0 spiro atoms. The summed E-state index contributed by atoms with van der Waals surface area (Å²) < 4.78 is 27.4. The first-order valence-corrected chi connectivity index (χ1v) is 7.81. The highest BCUT2D eigenvalue weighted by atomic mass is 19.1. The maximum atomic E-state index is 14.8. The highest BCUT2D eigenvalue weighted by molar-refractivity contribution is 5.97. The maximum Gasteiger partial charge on any atom is 0.341 e. The Bertz CT molecular complexity index is 936. The van der Waals surface area contributed by atoms with Gasteiger partial charge in [0.2, 0.25) is 5.43 Å². The number of carboxylic acids is 1. The molecule has 3 heterocycles. The number of anilines is 1. The molecule has 1 aromatic heterocycles. The zero-order chi connectivity index (χ0) is 17.7. The van der Waals surface area contributed by atoms with E-state index in [0.29, 0.717) is 31.8 Å². The van der Waals surface area contributed by atoms with Crippen molar-refractivity contribution in [1.82, 2.24) is 4.68 Å². The van der Waals surface area contributed by atoms with Gasteiger partial charge in [0.25, 0.3) is 0 Å². The number of aromatic carboxylic acids is 1. The number of carboxylic acid groups (broad SMARTS) is 1. The van der Waals surface area contributed by atoms with Gasteiger partial charge in [-0.2, -0.15) is 0 Å². The van der Waals surface area contributed by atoms with E-state index in [4.69, 9.17) is 9.47 Å². The van der Waals surface area contributed by atoms with E-state index in [-0.39, 0.29) is 23.6 Å². The van der Waals surface area contributed by atoms with Crippen molar-refractivity contribution in [3.8, 4) is 5.75 Å². The normalized spacial score (nSPS) is 16.9. The summed E-state index contributed by atoms with van der Waals surface area (Å²) >= 11 is 0. The molecule has 8 nitrogen and oxygen atoms in total. The van der Waals surface area contributed by atoms with Gasteiger partial charge in [-0.3, -0.25) is 14.5 Å². The molecule has 0 amide bonds. The standard InChI is InChI=1S/C16H16FN3O5/c1-18-8-25-15-12-9(14(21)10(16(22)23)7-20(12)18)6-11(17)13(15)19-2-4-24-5-3-19/h6-7H,2-5,8H2,1H3,(H,22,23). The van der Waals surface area contributed by atoms with Crippen LogP contribution in [0.15, 0.2) is 17.1 Å². The second kappa shape index (κ2) is 5.62. The van der Waals surface area contributed by atoms with Crippen LogP contribution in [0.5, 0.6) is 5.75 Å². The average Bonchev–Trinajstić information content (AvgIpc) is 2.60. The highest BCUT2D eigenvalue weighted by Gasteiger charge is 2.29. The molecule has 2 aliphatic rings. The average molecular weight is 349 g/mol. The van der Waals surface area contributed by atoms with Crippen molar-refractivity contribution in [2.75, 3.05) is 50.0 Å². The summed E-state index contributed by atoms with van der Waals surface area (Å²) in [5.74, 6) is -1.71. The minimum atomic E-state index is -1.35. The highest BCUT2D eigenvalue weighted by Crippen LogP contribution is 2.40. The quantitative estimate of drug-likeness (QED) is 0.850. The lowest BCUT2D eigenvalue weighted by atomic mass is 10.1. The summed E-state index contributed by atoms with van der Waals surface area (Å²) in [5, 5.41) is 10.9. The van der Waals surface area contributed by atoms with Crippen LogP contribution in [0.25, 0.3) is 10.9 Å². The third-order valence-corrected chi connectivity index (χ3v) is 4.47. The van der Waals surface area contributed by atoms with Crippen molar-refractivity contribution in [2.24, 2.45) is 0 Å². The van der Waals surface area contributed by atoms with Gasteiger partial charge in [0, 0.05) is 26.3 Å². The molecule has 0 unspecified atom stereocenters. The van der Waals surface area contributed by atoms with Crippen LogP contribution in [-0.2, 0) is 4.74 Å². The number of carbonyl (C=O) groups is 1. The smallest absolute Gasteiger partial charge is 0.341 e.